The molecule has 2 aromatic rings. The van der Waals surface area contributed by atoms with E-state index in [4.69, 9.17) is 18.9 Å². The molecule has 1 amide bonds. The molecule has 2 N–H and O–H groups in total. The monoisotopic (exact) mass is 422 g/mol. The number of rotatable bonds is 6. The van der Waals surface area contributed by atoms with Crippen molar-refractivity contribution >= 4 is 28.1 Å². The molecule has 0 atom stereocenters. The van der Waals surface area contributed by atoms with Gasteiger partial charge in [-0.25, -0.2) is 5.43 Å². The number of benzene rings is 2. The van der Waals surface area contributed by atoms with E-state index in [0.29, 0.717) is 33.0 Å². The second-order valence-electron chi connectivity index (χ2n) is 5.15. The maximum Gasteiger partial charge on any atom is 0.277 e. The number of halogens is 1. The largest absolute Gasteiger partial charge is 0.503 e. The van der Waals surface area contributed by atoms with Crippen molar-refractivity contribution in [1.29, 1.82) is 0 Å². The molecule has 1 aliphatic heterocycles. The highest BCUT2D eigenvalue weighted by molar-refractivity contribution is 9.10. The third kappa shape index (κ3) is 4.17. The van der Waals surface area contributed by atoms with Gasteiger partial charge in [0.15, 0.2) is 29.6 Å². The SMILES string of the molecule is COc1cc(C=NNC(=O)COc2ccc3c(c2)OCO3)cc(Br)c1O. The van der Waals surface area contributed by atoms with Gasteiger partial charge >= 0.3 is 0 Å². The molecule has 9 heteroatoms. The Kier molecular flexibility index (Phi) is 5.47. The zero-order valence-electron chi connectivity index (χ0n) is 13.7. The first-order valence-corrected chi connectivity index (χ1v) is 8.27. The van der Waals surface area contributed by atoms with Crippen LogP contribution in [0.25, 0.3) is 0 Å². The van der Waals surface area contributed by atoms with Crippen LogP contribution in [0.15, 0.2) is 39.9 Å². The van der Waals surface area contributed by atoms with E-state index in [1.807, 2.05) is 0 Å². The molecule has 0 fully saturated rings. The molecule has 8 nitrogen and oxygen atoms in total. The van der Waals surface area contributed by atoms with Crippen molar-refractivity contribution in [2.45, 2.75) is 0 Å². The molecular weight excluding hydrogens is 408 g/mol. The van der Waals surface area contributed by atoms with E-state index in [2.05, 4.69) is 26.5 Å². The van der Waals surface area contributed by atoms with Crippen LogP contribution >= 0.6 is 15.9 Å². The van der Waals surface area contributed by atoms with Crippen molar-refractivity contribution in [3.63, 3.8) is 0 Å². The Morgan fingerprint density at radius 3 is 2.96 bits per heavy atom. The fourth-order valence-electron chi connectivity index (χ4n) is 2.15. The summed E-state index contributed by atoms with van der Waals surface area (Å²) in [6.07, 6.45) is 1.42. The number of hydrazone groups is 1. The number of phenolic OH excluding ortho intramolecular Hbond substituents is 1. The van der Waals surface area contributed by atoms with Crippen LogP contribution in [0.3, 0.4) is 0 Å². The number of hydrogen-bond acceptors (Lipinski definition) is 7. The zero-order valence-corrected chi connectivity index (χ0v) is 15.3. The molecule has 0 aliphatic carbocycles. The number of carbonyl (C=O) groups is 1. The Morgan fingerprint density at radius 2 is 2.15 bits per heavy atom. The van der Waals surface area contributed by atoms with E-state index in [1.165, 1.54) is 13.3 Å². The van der Waals surface area contributed by atoms with E-state index in [9.17, 15) is 9.90 Å². The molecule has 0 unspecified atom stereocenters. The number of methoxy groups -OCH3 is 1. The summed E-state index contributed by atoms with van der Waals surface area (Å²) in [5.41, 5.74) is 2.98. The second-order valence-corrected chi connectivity index (χ2v) is 6.00. The van der Waals surface area contributed by atoms with Gasteiger partial charge in [0, 0.05) is 6.07 Å². The third-order valence-electron chi connectivity index (χ3n) is 3.39. The number of amides is 1. The Balaban J connectivity index is 1.52. The molecule has 136 valence electrons. The first-order valence-electron chi connectivity index (χ1n) is 7.47. The number of phenols is 1. The highest BCUT2D eigenvalue weighted by Crippen LogP contribution is 2.35. The molecular formula is C17H15BrN2O6. The number of aromatic hydroxyl groups is 1. The number of nitrogens with one attached hydrogen (secondary N) is 1. The van der Waals surface area contributed by atoms with E-state index in [-0.39, 0.29) is 19.1 Å². The molecule has 2 aromatic carbocycles. The van der Waals surface area contributed by atoms with Crippen LogP contribution in [-0.4, -0.2) is 37.7 Å². The Bertz CT molecular complexity index is 855. The van der Waals surface area contributed by atoms with Gasteiger partial charge in [-0.2, -0.15) is 5.10 Å². The van der Waals surface area contributed by atoms with Gasteiger partial charge in [-0.3, -0.25) is 4.79 Å². The number of nitrogens with zero attached hydrogens (tertiary/aromatic N) is 1. The molecule has 3 rings (SSSR count). The van der Waals surface area contributed by atoms with E-state index in [1.54, 1.807) is 30.3 Å². The summed E-state index contributed by atoms with van der Waals surface area (Å²) in [6.45, 7) is -0.0360. The quantitative estimate of drug-likeness (QED) is 0.547. The van der Waals surface area contributed by atoms with Gasteiger partial charge in [-0.05, 0) is 45.8 Å². The summed E-state index contributed by atoms with van der Waals surface area (Å²) < 4.78 is 21.3. The lowest BCUT2D eigenvalue weighted by Gasteiger charge is -2.07. The molecule has 1 heterocycles. The molecule has 1 aliphatic rings. The average molecular weight is 423 g/mol. The van der Waals surface area contributed by atoms with Crippen LogP contribution in [-0.2, 0) is 4.79 Å². The summed E-state index contributed by atoms with van der Waals surface area (Å²) >= 11 is 3.21. The Labute approximate surface area is 157 Å². The fraction of sp³-hybridized carbons (Fsp3) is 0.176. The topological polar surface area (TPSA) is 98.6 Å². The minimum atomic E-state index is -0.427. The number of fused-ring (bicyclic) bond motifs is 1. The third-order valence-corrected chi connectivity index (χ3v) is 3.99. The highest BCUT2D eigenvalue weighted by Gasteiger charge is 2.14. The van der Waals surface area contributed by atoms with Gasteiger partial charge in [-0.15, -0.1) is 0 Å². The fourth-order valence-corrected chi connectivity index (χ4v) is 2.61. The lowest BCUT2D eigenvalue weighted by Crippen LogP contribution is -2.24. The summed E-state index contributed by atoms with van der Waals surface area (Å²) in [4.78, 5) is 11.8. The van der Waals surface area contributed by atoms with Crippen molar-refractivity contribution in [3.05, 3.63) is 40.4 Å². The van der Waals surface area contributed by atoms with Crippen LogP contribution in [0.1, 0.15) is 5.56 Å². The van der Waals surface area contributed by atoms with Crippen molar-refractivity contribution in [2.75, 3.05) is 20.5 Å². The standard InChI is InChI=1S/C17H15BrN2O6/c1-23-15-5-10(4-12(18)17(15)22)7-19-20-16(21)8-24-11-2-3-13-14(6-11)26-9-25-13/h2-7,22H,8-9H2,1H3,(H,20,21). The van der Waals surface area contributed by atoms with Crippen molar-refractivity contribution in [3.8, 4) is 28.7 Å². The highest BCUT2D eigenvalue weighted by atomic mass is 79.9. The summed E-state index contributed by atoms with van der Waals surface area (Å²) in [5, 5.41) is 13.6. The van der Waals surface area contributed by atoms with E-state index >= 15 is 0 Å². The van der Waals surface area contributed by atoms with Crippen LogP contribution in [0.2, 0.25) is 0 Å². The molecule has 0 bridgehead atoms. The number of ether oxygens (including phenoxy) is 4. The van der Waals surface area contributed by atoms with Gasteiger partial charge in [0.2, 0.25) is 6.79 Å². The van der Waals surface area contributed by atoms with Crippen LogP contribution in [0, 0.1) is 0 Å². The second kappa shape index (κ2) is 7.96. The van der Waals surface area contributed by atoms with Crippen molar-refractivity contribution < 1.29 is 28.8 Å². The van der Waals surface area contributed by atoms with Crippen molar-refractivity contribution in [2.24, 2.45) is 5.10 Å². The maximum atomic E-state index is 11.8. The van der Waals surface area contributed by atoms with Crippen LogP contribution in [0.4, 0.5) is 0 Å². The smallest absolute Gasteiger partial charge is 0.277 e. The van der Waals surface area contributed by atoms with Gasteiger partial charge in [0.1, 0.15) is 5.75 Å². The first-order chi connectivity index (χ1) is 12.6. The molecule has 0 aromatic heterocycles. The maximum absolute atomic E-state index is 11.8. The Hall–Kier alpha value is -2.94. The minimum absolute atomic E-state index is 0.00851. The number of hydrogen-bond donors (Lipinski definition) is 2. The van der Waals surface area contributed by atoms with Crippen molar-refractivity contribution in [1.82, 2.24) is 5.43 Å². The molecule has 0 saturated carbocycles. The van der Waals surface area contributed by atoms with Gasteiger partial charge in [0.25, 0.3) is 5.91 Å². The van der Waals surface area contributed by atoms with Crippen LogP contribution < -0.4 is 24.4 Å². The van der Waals surface area contributed by atoms with Gasteiger partial charge in [-0.1, -0.05) is 0 Å². The Morgan fingerprint density at radius 1 is 1.35 bits per heavy atom. The average Bonchev–Trinajstić information content (AvgIpc) is 3.10. The molecule has 0 spiro atoms. The minimum Gasteiger partial charge on any atom is -0.503 e. The predicted octanol–water partition coefficient (Wildman–Crippen LogP) is 2.42. The summed E-state index contributed by atoms with van der Waals surface area (Å²) in [7, 11) is 1.44. The van der Waals surface area contributed by atoms with Crippen LogP contribution in [0.5, 0.6) is 28.7 Å². The normalized spacial score (nSPS) is 12.2. The predicted molar refractivity (Wildman–Crippen MR) is 96.2 cm³/mol. The lowest BCUT2D eigenvalue weighted by molar-refractivity contribution is -0.123. The zero-order chi connectivity index (χ0) is 18.5. The summed E-state index contributed by atoms with van der Waals surface area (Å²) in [5.74, 6) is 1.56. The molecule has 26 heavy (non-hydrogen) atoms. The van der Waals surface area contributed by atoms with E-state index < -0.39 is 5.91 Å². The first kappa shape index (κ1) is 17.9. The van der Waals surface area contributed by atoms with Gasteiger partial charge < -0.3 is 24.1 Å². The molecule has 0 saturated heterocycles. The molecule has 0 radical (unpaired) electrons. The summed E-state index contributed by atoms with van der Waals surface area (Å²) in [6, 6.07) is 8.27. The van der Waals surface area contributed by atoms with E-state index in [0.717, 1.165) is 0 Å². The number of carbonyl (C=O) groups excluding carboxylic acids is 1. The van der Waals surface area contributed by atoms with Gasteiger partial charge in [0.05, 0.1) is 17.8 Å². The lowest BCUT2D eigenvalue weighted by atomic mass is 10.2.